The van der Waals surface area contributed by atoms with Crippen LogP contribution >= 0.6 is 0 Å². The van der Waals surface area contributed by atoms with Crippen molar-refractivity contribution in [2.24, 2.45) is 0 Å². The molecule has 0 heterocycles. The summed E-state index contributed by atoms with van der Waals surface area (Å²) < 4.78 is 0. The summed E-state index contributed by atoms with van der Waals surface area (Å²) in [7, 11) is 0. The van der Waals surface area contributed by atoms with Crippen LogP contribution in [0.15, 0.2) is 47.6 Å². The Morgan fingerprint density at radius 1 is 0.905 bits per heavy atom. The third kappa shape index (κ3) is 12.4. The molecule has 0 aliphatic heterocycles. The van der Waals surface area contributed by atoms with Gasteiger partial charge in [0, 0.05) is 0 Å². The molecule has 0 saturated carbocycles. The lowest BCUT2D eigenvalue weighted by Gasteiger charge is -2.16. The summed E-state index contributed by atoms with van der Waals surface area (Å²) in [6.45, 7) is 14.2. The van der Waals surface area contributed by atoms with Gasteiger partial charge in [0.15, 0.2) is 0 Å². The minimum atomic E-state index is -0.738. The predicted molar refractivity (Wildman–Crippen MR) is 95.5 cm³/mol. The number of hydrogen-bond acceptors (Lipinski definition) is 1. The van der Waals surface area contributed by atoms with E-state index in [1.54, 1.807) is 6.08 Å². The van der Waals surface area contributed by atoms with Crippen LogP contribution in [0, 0.1) is 0 Å². The summed E-state index contributed by atoms with van der Waals surface area (Å²) in [5, 5.41) is 9.84. The maximum Gasteiger partial charge on any atom is 0.0800 e. The minimum absolute atomic E-state index is 0.738. The van der Waals surface area contributed by atoms with Gasteiger partial charge in [0.1, 0.15) is 0 Å². The molecule has 0 aromatic carbocycles. The minimum Gasteiger partial charge on any atom is -0.386 e. The Hall–Kier alpha value is -1.08. The zero-order chi connectivity index (χ0) is 16.3. The Bertz CT molecular complexity index is 390. The van der Waals surface area contributed by atoms with Crippen molar-refractivity contribution in [2.45, 2.75) is 78.7 Å². The fourth-order valence-corrected chi connectivity index (χ4v) is 2.05. The van der Waals surface area contributed by atoms with Gasteiger partial charge in [0.2, 0.25) is 0 Å². The van der Waals surface area contributed by atoms with Crippen LogP contribution in [0.5, 0.6) is 0 Å². The number of hydrogen-bond donors (Lipinski definition) is 1. The molecule has 1 heteroatoms. The van der Waals surface area contributed by atoms with Crippen molar-refractivity contribution >= 4 is 0 Å². The van der Waals surface area contributed by atoms with Crippen molar-refractivity contribution in [3.05, 3.63) is 47.6 Å². The van der Waals surface area contributed by atoms with Crippen molar-refractivity contribution in [1.29, 1.82) is 0 Å². The lowest BCUT2D eigenvalue weighted by Crippen LogP contribution is -2.19. The second-order valence-electron chi connectivity index (χ2n) is 6.56. The van der Waals surface area contributed by atoms with Crippen LogP contribution in [-0.2, 0) is 0 Å². The highest BCUT2D eigenvalue weighted by molar-refractivity contribution is 5.06. The first-order chi connectivity index (χ1) is 9.76. The lowest BCUT2D eigenvalue weighted by molar-refractivity contribution is 0.103. The molecule has 0 amide bonds. The molecule has 0 aromatic rings. The monoisotopic (exact) mass is 290 g/mol. The molecule has 120 valence electrons. The molecular formula is C20H34O. The van der Waals surface area contributed by atoms with Crippen LogP contribution in [0.1, 0.15) is 73.1 Å². The van der Waals surface area contributed by atoms with E-state index < -0.39 is 5.60 Å². The molecule has 0 radical (unpaired) electrons. The third-order valence-electron chi connectivity index (χ3n) is 3.71. The van der Waals surface area contributed by atoms with Gasteiger partial charge in [0.25, 0.3) is 0 Å². The Morgan fingerprint density at radius 3 is 1.86 bits per heavy atom. The first kappa shape index (κ1) is 19.9. The van der Waals surface area contributed by atoms with E-state index in [1.165, 1.54) is 16.7 Å². The molecule has 0 bridgehead atoms. The van der Waals surface area contributed by atoms with Gasteiger partial charge in [-0.05, 0) is 73.1 Å². The van der Waals surface area contributed by atoms with E-state index >= 15 is 0 Å². The second kappa shape index (κ2) is 10.6. The SMILES string of the molecule is C=CC(C)(O)CCC=C(C)CC/C=C(\C)CCC=C(C)C. The van der Waals surface area contributed by atoms with E-state index in [0.717, 1.165) is 38.5 Å². The first-order valence-electron chi connectivity index (χ1n) is 8.07. The molecular weight excluding hydrogens is 256 g/mol. The predicted octanol–water partition coefficient (Wildman–Crippen LogP) is 6.12. The Labute approximate surface area is 132 Å². The molecule has 0 aliphatic carbocycles. The van der Waals surface area contributed by atoms with Gasteiger partial charge in [-0.25, -0.2) is 0 Å². The summed E-state index contributed by atoms with van der Waals surface area (Å²) >= 11 is 0. The molecule has 1 unspecified atom stereocenters. The zero-order valence-corrected chi connectivity index (χ0v) is 14.7. The molecule has 21 heavy (non-hydrogen) atoms. The van der Waals surface area contributed by atoms with Gasteiger partial charge in [-0.2, -0.15) is 0 Å². The summed E-state index contributed by atoms with van der Waals surface area (Å²) in [4.78, 5) is 0. The molecule has 0 saturated heterocycles. The first-order valence-corrected chi connectivity index (χ1v) is 8.07. The highest BCUT2D eigenvalue weighted by Gasteiger charge is 2.13. The van der Waals surface area contributed by atoms with E-state index in [9.17, 15) is 5.11 Å². The van der Waals surface area contributed by atoms with Gasteiger partial charge in [-0.1, -0.05) is 41.0 Å². The topological polar surface area (TPSA) is 20.2 Å². The van der Waals surface area contributed by atoms with E-state index in [2.05, 4.69) is 52.5 Å². The average Bonchev–Trinajstić information content (AvgIpc) is 2.38. The Balaban J connectivity index is 3.99. The van der Waals surface area contributed by atoms with Crippen LogP contribution in [0.4, 0.5) is 0 Å². The van der Waals surface area contributed by atoms with Crippen molar-refractivity contribution < 1.29 is 5.11 Å². The maximum atomic E-state index is 9.84. The van der Waals surface area contributed by atoms with Crippen molar-refractivity contribution in [3.8, 4) is 0 Å². The smallest absolute Gasteiger partial charge is 0.0800 e. The zero-order valence-electron chi connectivity index (χ0n) is 14.7. The third-order valence-corrected chi connectivity index (χ3v) is 3.71. The molecule has 0 spiro atoms. The number of rotatable bonds is 10. The van der Waals surface area contributed by atoms with Gasteiger partial charge in [-0.3, -0.25) is 0 Å². The summed E-state index contributed by atoms with van der Waals surface area (Å²) in [6.07, 6.45) is 14.7. The van der Waals surface area contributed by atoms with Crippen molar-refractivity contribution in [3.63, 3.8) is 0 Å². The molecule has 1 N–H and O–H groups in total. The second-order valence-corrected chi connectivity index (χ2v) is 6.56. The highest BCUT2D eigenvalue weighted by atomic mass is 16.3. The van der Waals surface area contributed by atoms with Crippen molar-refractivity contribution in [2.75, 3.05) is 0 Å². The molecule has 1 nitrogen and oxygen atoms in total. The molecule has 0 fully saturated rings. The van der Waals surface area contributed by atoms with Gasteiger partial charge < -0.3 is 5.11 Å². The fourth-order valence-electron chi connectivity index (χ4n) is 2.05. The van der Waals surface area contributed by atoms with Crippen LogP contribution in [-0.4, -0.2) is 10.7 Å². The van der Waals surface area contributed by atoms with Crippen LogP contribution < -0.4 is 0 Å². The van der Waals surface area contributed by atoms with Crippen LogP contribution in [0.25, 0.3) is 0 Å². The summed E-state index contributed by atoms with van der Waals surface area (Å²) in [5.41, 5.74) is 3.55. The van der Waals surface area contributed by atoms with E-state index in [4.69, 9.17) is 0 Å². The van der Waals surface area contributed by atoms with E-state index in [1.807, 2.05) is 6.92 Å². The van der Waals surface area contributed by atoms with Crippen LogP contribution in [0.2, 0.25) is 0 Å². The molecule has 0 rings (SSSR count). The normalized spacial score (nSPS) is 15.5. The summed E-state index contributed by atoms with van der Waals surface area (Å²) in [5.74, 6) is 0. The largest absolute Gasteiger partial charge is 0.386 e. The lowest BCUT2D eigenvalue weighted by atomic mass is 9.99. The van der Waals surface area contributed by atoms with E-state index in [-0.39, 0.29) is 0 Å². The van der Waals surface area contributed by atoms with Gasteiger partial charge in [0.05, 0.1) is 5.60 Å². The number of allylic oxidation sites excluding steroid dienone is 6. The Morgan fingerprint density at radius 2 is 1.38 bits per heavy atom. The standard InChI is InChI=1S/C20H34O/c1-7-20(6,21)16-10-15-19(5)14-9-13-18(4)12-8-11-17(2)3/h7,11,13,15,21H,1,8-10,12,14,16H2,2-6H3/b18-13+,19-15?. The molecule has 0 aliphatic rings. The fraction of sp³-hybridized carbons (Fsp3) is 0.600. The van der Waals surface area contributed by atoms with Crippen molar-refractivity contribution in [1.82, 2.24) is 0 Å². The quantitative estimate of drug-likeness (QED) is 0.480. The Kier molecular flexibility index (Phi) is 10.1. The van der Waals surface area contributed by atoms with E-state index in [0.29, 0.717) is 0 Å². The molecule has 1 atom stereocenters. The maximum absolute atomic E-state index is 9.84. The highest BCUT2D eigenvalue weighted by Crippen LogP contribution is 2.16. The molecule has 0 aromatic heterocycles. The van der Waals surface area contributed by atoms with Crippen LogP contribution in [0.3, 0.4) is 0 Å². The number of aliphatic hydroxyl groups is 1. The van der Waals surface area contributed by atoms with Gasteiger partial charge >= 0.3 is 0 Å². The van der Waals surface area contributed by atoms with Gasteiger partial charge in [-0.15, -0.1) is 6.58 Å². The average molecular weight is 290 g/mol. The summed E-state index contributed by atoms with van der Waals surface area (Å²) in [6, 6.07) is 0.